The van der Waals surface area contributed by atoms with Crippen molar-refractivity contribution in [1.29, 1.82) is 0 Å². The highest BCUT2D eigenvalue weighted by molar-refractivity contribution is 5.98. The summed E-state index contributed by atoms with van der Waals surface area (Å²) in [4.78, 5) is 16.3. The fraction of sp³-hybridized carbons (Fsp3) is 0.375. The van der Waals surface area contributed by atoms with Crippen LogP contribution in [0, 0.1) is 0 Å². The normalized spacial score (nSPS) is 22.1. The van der Waals surface area contributed by atoms with E-state index >= 15 is 0 Å². The molecule has 0 saturated heterocycles. The second kappa shape index (κ2) is 5.69. The van der Waals surface area contributed by atoms with Crippen molar-refractivity contribution in [2.45, 2.75) is 37.8 Å². The average Bonchev–Trinajstić information content (AvgIpc) is 2.48. The number of hydrogen-bond donors (Lipinski definition) is 3. The molecule has 0 radical (unpaired) electrons. The summed E-state index contributed by atoms with van der Waals surface area (Å²) in [5, 5.41) is 13.4. The minimum atomic E-state index is -0.0949. The summed E-state index contributed by atoms with van der Waals surface area (Å²) in [7, 11) is 0. The first-order valence-corrected chi connectivity index (χ1v) is 7.28. The molecule has 1 aliphatic rings. The van der Waals surface area contributed by atoms with Gasteiger partial charge in [-0.15, -0.1) is 0 Å². The molecule has 0 aliphatic heterocycles. The lowest BCUT2D eigenvalue weighted by atomic mass is 9.91. The Balaban J connectivity index is 1.75. The van der Waals surface area contributed by atoms with E-state index in [1.807, 2.05) is 6.07 Å². The average molecular weight is 285 g/mol. The molecule has 0 unspecified atom stereocenters. The maximum Gasteiger partial charge on any atom is 0.251 e. The van der Waals surface area contributed by atoms with Crippen LogP contribution in [0.25, 0.3) is 10.9 Å². The van der Waals surface area contributed by atoms with Crippen LogP contribution in [-0.2, 0) is 0 Å². The maximum absolute atomic E-state index is 12.3. The number of hydrogen-bond acceptors (Lipinski definition) is 4. The predicted molar refractivity (Wildman–Crippen MR) is 81.1 cm³/mol. The minimum absolute atomic E-state index is 0.0404. The van der Waals surface area contributed by atoms with E-state index in [1.54, 1.807) is 18.2 Å². The van der Waals surface area contributed by atoms with Gasteiger partial charge in [-0.05, 0) is 43.9 Å². The second-order valence-corrected chi connectivity index (χ2v) is 5.66. The van der Waals surface area contributed by atoms with Crippen molar-refractivity contribution in [3.8, 4) is 5.88 Å². The molecule has 1 aliphatic carbocycles. The lowest BCUT2D eigenvalue weighted by Gasteiger charge is -2.26. The van der Waals surface area contributed by atoms with E-state index < -0.39 is 0 Å². The molecule has 1 saturated carbocycles. The fourth-order valence-corrected chi connectivity index (χ4v) is 2.78. The molecule has 21 heavy (non-hydrogen) atoms. The minimum Gasteiger partial charge on any atom is -0.493 e. The van der Waals surface area contributed by atoms with E-state index in [0.29, 0.717) is 11.1 Å². The lowest BCUT2D eigenvalue weighted by molar-refractivity contribution is 0.0926. The second-order valence-electron chi connectivity index (χ2n) is 5.66. The van der Waals surface area contributed by atoms with Gasteiger partial charge in [0.2, 0.25) is 5.88 Å². The van der Waals surface area contributed by atoms with Gasteiger partial charge < -0.3 is 16.2 Å². The van der Waals surface area contributed by atoms with E-state index in [-0.39, 0.29) is 23.9 Å². The number of carbonyl (C=O) groups excluding carboxylic acids is 1. The molecule has 1 heterocycles. The summed E-state index contributed by atoms with van der Waals surface area (Å²) >= 11 is 0. The van der Waals surface area contributed by atoms with Gasteiger partial charge in [-0.25, -0.2) is 4.98 Å². The molecule has 2 aromatic rings. The molecule has 1 amide bonds. The Labute approximate surface area is 123 Å². The van der Waals surface area contributed by atoms with Crippen LogP contribution in [0.1, 0.15) is 36.0 Å². The molecule has 1 aromatic heterocycles. The first-order chi connectivity index (χ1) is 10.1. The third-order valence-corrected chi connectivity index (χ3v) is 4.05. The highest BCUT2D eigenvalue weighted by atomic mass is 16.3. The third kappa shape index (κ3) is 3.13. The van der Waals surface area contributed by atoms with Crippen molar-refractivity contribution in [2.75, 3.05) is 0 Å². The van der Waals surface area contributed by atoms with Gasteiger partial charge >= 0.3 is 0 Å². The molecule has 1 aromatic carbocycles. The topological polar surface area (TPSA) is 88.2 Å². The van der Waals surface area contributed by atoms with Crippen LogP contribution < -0.4 is 11.1 Å². The van der Waals surface area contributed by atoms with Crippen LogP contribution in [0.15, 0.2) is 30.3 Å². The van der Waals surface area contributed by atoms with E-state index in [1.165, 1.54) is 6.07 Å². The van der Waals surface area contributed by atoms with Gasteiger partial charge in [0.1, 0.15) is 0 Å². The summed E-state index contributed by atoms with van der Waals surface area (Å²) < 4.78 is 0. The van der Waals surface area contributed by atoms with E-state index in [9.17, 15) is 9.90 Å². The van der Waals surface area contributed by atoms with Crippen LogP contribution in [-0.4, -0.2) is 28.1 Å². The highest BCUT2D eigenvalue weighted by Gasteiger charge is 2.20. The SMILES string of the molecule is N[C@H]1CC[C@H](NC(=O)c2ccc3ccc(O)nc3c2)CC1. The molecule has 0 bridgehead atoms. The molecular formula is C16H19N3O2. The Morgan fingerprint density at radius 1 is 1.19 bits per heavy atom. The number of fused-ring (bicyclic) bond motifs is 1. The number of aromatic hydroxyl groups is 1. The monoisotopic (exact) mass is 285 g/mol. The molecular weight excluding hydrogens is 266 g/mol. The molecule has 0 atom stereocenters. The zero-order valence-electron chi connectivity index (χ0n) is 11.7. The molecule has 5 heteroatoms. The first-order valence-electron chi connectivity index (χ1n) is 7.28. The molecule has 3 rings (SSSR count). The number of benzene rings is 1. The van der Waals surface area contributed by atoms with Crippen LogP contribution in [0.2, 0.25) is 0 Å². The summed E-state index contributed by atoms with van der Waals surface area (Å²) in [6, 6.07) is 9.11. The number of nitrogens with zero attached hydrogens (tertiary/aromatic N) is 1. The molecule has 5 nitrogen and oxygen atoms in total. The zero-order chi connectivity index (χ0) is 14.8. The van der Waals surface area contributed by atoms with Crippen molar-refractivity contribution in [1.82, 2.24) is 10.3 Å². The zero-order valence-corrected chi connectivity index (χ0v) is 11.7. The molecule has 0 spiro atoms. The van der Waals surface area contributed by atoms with Gasteiger partial charge in [0.25, 0.3) is 5.91 Å². The number of nitrogens with one attached hydrogen (secondary N) is 1. The van der Waals surface area contributed by atoms with Gasteiger partial charge in [0, 0.05) is 29.1 Å². The van der Waals surface area contributed by atoms with Crippen molar-refractivity contribution < 1.29 is 9.90 Å². The first kappa shape index (κ1) is 13.8. The smallest absolute Gasteiger partial charge is 0.251 e. The van der Waals surface area contributed by atoms with Crippen LogP contribution >= 0.6 is 0 Å². The van der Waals surface area contributed by atoms with Crippen LogP contribution in [0.4, 0.5) is 0 Å². The number of rotatable bonds is 2. The number of carbonyl (C=O) groups is 1. The number of pyridine rings is 1. The summed E-state index contributed by atoms with van der Waals surface area (Å²) in [5.41, 5.74) is 7.05. The summed E-state index contributed by atoms with van der Waals surface area (Å²) in [5.74, 6) is -0.135. The highest BCUT2D eigenvalue weighted by Crippen LogP contribution is 2.19. The van der Waals surface area contributed by atoms with Gasteiger partial charge in [-0.1, -0.05) is 6.07 Å². The van der Waals surface area contributed by atoms with Gasteiger partial charge in [0.15, 0.2) is 0 Å². The largest absolute Gasteiger partial charge is 0.493 e. The lowest BCUT2D eigenvalue weighted by Crippen LogP contribution is -2.40. The van der Waals surface area contributed by atoms with Gasteiger partial charge in [-0.3, -0.25) is 4.79 Å². The van der Waals surface area contributed by atoms with Crippen molar-refractivity contribution in [2.24, 2.45) is 5.73 Å². The Kier molecular flexibility index (Phi) is 3.75. The molecule has 4 N–H and O–H groups in total. The summed E-state index contributed by atoms with van der Waals surface area (Å²) in [6.07, 6.45) is 3.77. The summed E-state index contributed by atoms with van der Waals surface area (Å²) in [6.45, 7) is 0. The van der Waals surface area contributed by atoms with E-state index in [2.05, 4.69) is 10.3 Å². The van der Waals surface area contributed by atoms with E-state index in [4.69, 9.17) is 5.73 Å². The van der Waals surface area contributed by atoms with Gasteiger partial charge in [-0.2, -0.15) is 0 Å². The quantitative estimate of drug-likeness (QED) is 0.786. The number of aromatic nitrogens is 1. The third-order valence-electron chi connectivity index (χ3n) is 4.05. The Bertz CT molecular complexity index is 664. The van der Waals surface area contributed by atoms with Crippen molar-refractivity contribution >= 4 is 16.8 Å². The standard InChI is InChI=1S/C16H19N3O2/c17-12-4-6-13(7-5-12)18-16(21)11-2-1-10-3-8-15(20)19-14(10)9-11/h1-3,8-9,12-13H,4-7,17H2,(H,18,21)(H,19,20)/t12-,13-. The maximum atomic E-state index is 12.3. The fourth-order valence-electron chi connectivity index (χ4n) is 2.78. The number of amides is 1. The number of nitrogens with two attached hydrogens (primary N) is 1. The van der Waals surface area contributed by atoms with Crippen molar-refractivity contribution in [3.63, 3.8) is 0 Å². The predicted octanol–water partition coefficient (Wildman–Crippen LogP) is 1.94. The Hall–Kier alpha value is -2.14. The molecule has 110 valence electrons. The Morgan fingerprint density at radius 3 is 2.67 bits per heavy atom. The van der Waals surface area contributed by atoms with Crippen molar-refractivity contribution in [3.05, 3.63) is 35.9 Å². The molecule has 1 fully saturated rings. The Morgan fingerprint density at radius 2 is 1.90 bits per heavy atom. The van der Waals surface area contributed by atoms with Crippen LogP contribution in [0.5, 0.6) is 5.88 Å². The van der Waals surface area contributed by atoms with E-state index in [0.717, 1.165) is 31.1 Å². The van der Waals surface area contributed by atoms with Crippen LogP contribution in [0.3, 0.4) is 0 Å². The van der Waals surface area contributed by atoms with Gasteiger partial charge in [0.05, 0.1) is 5.52 Å².